The van der Waals surface area contributed by atoms with Crippen molar-refractivity contribution in [3.63, 3.8) is 0 Å². The zero-order chi connectivity index (χ0) is 38.7. The molecule has 1 fully saturated rings. The first-order valence-electron chi connectivity index (χ1n) is 16.9. The number of hydrogen-bond acceptors (Lipinski definition) is 7. The largest absolute Gasteiger partial charge is 0.444 e. The Morgan fingerprint density at radius 1 is 0.925 bits per heavy atom. The second-order valence-corrected chi connectivity index (χ2v) is 15.8. The Morgan fingerprint density at radius 3 is 2.19 bits per heavy atom. The molecule has 1 aliphatic rings. The first-order chi connectivity index (χ1) is 24.9. The van der Waals surface area contributed by atoms with Gasteiger partial charge in [-0.05, 0) is 88.1 Å². The average molecular weight is 756 g/mol. The number of anilines is 1. The van der Waals surface area contributed by atoms with E-state index in [1.54, 1.807) is 45.9 Å². The summed E-state index contributed by atoms with van der Waals surface area (Å²) in [5.74, 6) is -5.23. The zero-order valence-corrected chi connectivity index (χ0v) is 30.4. The zero-order valence-electron chi connectivity index (χ0n) is 29.6. The maximum atomic E-state index is 15.6. The van der Waals surface area contributed by atoms with E-state index in [0.717, 1.165) is 30.5 Å². The Bertz CT molecular complexity index is 2030. The molecular weight excluding hydrogens is 715 g/mol. The maximum absolute atomic E-state index is 15.6. The van der Waals surface area contributed by atoms with Crippen LogP contribution in [0.15, 0.2) is 90.1 Å². The predicted octanol–water partition coefficient (Wildman–Crippen LogP) is 6.37. The minimum atomic E-state index is -4.09. The lowest BCUT2D eigenvalue weighted by Gasteiger charge is -2.44. The highest BCUT2D eigenvalue weighted by molar-refractivity contribution is 7.89. The summed E-state index contributed by atoms with van der Waals surface area (Å²) in [6.07, 6.45) is 1.41. The number of nitrogens with two attached hydrogens (primary N) is 1. The minimum Gasteiger partial charge on any atom is -0.444 e. The molecule has 282 valence electrons. The summed E-state index contributed by atoms with van der Waals surface area (Å²) in [5.41, 5.74) is 5.83. The molecule has 0 aliphatic carbocycles. The van der Waals surface area contributed by atoms with E-state index in [4.69, 9.17) is 10.5 Å². The number of ether oxygens (including phenoxy) is 1. The standard InChI is InChI=1S/C38H41F4N5O5S/c1-23-21-46(37(49)52-38(2,3)4)22-29(47(23)53(50,51)30-8-6-5-7-9-30)14-15-31-32(42)19-44-20-33(31)45-36(48)35(43)34(24-10-12-26(39)13-11-24)25-16-27(40)18-28(41)17-25/h5-13,16-20,23,29,34-35H,14-15,21-22,43H2,1-4H3,(H,45,48)/t23-,29+,34+,35+/m1/s1. The molecule has 0 unspecified atom stereocenters. The number of sulfonamides is 1. The van der Waals surface area contributed by atoms with Gasteiger partial charge >= 0.3 is 6.09 Å². The molecule has 2 heterocycles. The number of benzene rings is 3. The normalized spacial score (nSPS) is 17.9. The van der Waals surface area contributed by atoms with Crippen LogP contribution in [0.25, 0.3) is 0 Å². The summed E-state index contributed by atoms with van der Waals surface area (Å²) in [6.45, 7) is 6.81. The van der Waals surface area contributed by atoms with Crippen LogP contribution >= 0.6 is 0 Å². The SMILES string of the molecule is C[C@@H]1CN(C(=O)OC(C)(C)C)C[C@H](CCc2c(F)cncc2NC(=O)[C@@H](N)[C@@H](c2ccc(F)cc2)c2cc(F)cc(F)c2)N1S(=O)(=O)c1ccccc1. The van der Waals surface area contributed by atoms with Crippen LogP contribution in [0.5, 0.6) is 0 Å². The third-order valence-corrected chi connectivity index (χ3v) is 10.9. The Kier molecular flexibility index (Phi) is 11.9. The van der Waals surface area contributed by atoms with Gasteiger partial charge in [-0.2, -0.15) is 4.31 Å². The quantitative estimate of drug-likeness (QED) is 0.180. The topological polar surface area (TPSA) is 135 Å². The summed E-state index contributed by atoms with van der Waals surface area (Å²) in [5, 5.41) is 2.58. The minimum absolute atomic E-state index is 0.00628. The van der Waals surface area contributed by atoms with Crippen molar-refractivity contribution >= 4 is 27.7 Å². The van der Waals surface area contributed by atoms with Gasteiger partial charge in [0.1, 0.15) is 28.9 Å². The molecule has 5 rings (SSSR count). The van der Waals surface area contributed by atoms with Crippen molar-refractivity contribution in [2.45, 2.75) is 75.1 Å². The number of carbonyl (C=O) groups is 2. The van der Waals surface area contributed by atoms with E-state index in [-0.39, 0.29) is 53.2 Å². The highest BCUT2D eigenvalue weighted by atomic mass is 32.2. The molecule has 0 spiro atoms. The van der Waals surface area contributed by atoms with E-state index in [1.807, 2.05) is 0 Å². The van der Waals surface area contributed by atoms with Crippen molar-refractivity contribution in [2.24, 2.45) is 5.73 Å². The van der Waals surface area contributed by atoms with E-state index in [0.29, 0.717) is 6.07 Å². The van der Waals surface area contributed by atoms with Gasteiger partial charge in [0.15, 0.2) is 0 Å². The molecule has 1 aliphatic heterocycles. The molecule has 10 nitrogen and oxygen atoms in total. The van der Waals surface area contributed by atoms with E-state index in [2.05, 4.69) is 10.3 Å². The lowest BCUT2D eigenvalue weighted by Crippen LogP contribution is -2.61. The van der Waals surface area contributed by atoms with Gasteiger partial charge in [-0.3, -0.25) is 9.78 Å². The molecule has 1 aromatic heterocycles. The third-order valence-electron chi connectivity index (χ3n) is 8.81. The number of pyridine rings is 1. The summed E-state index contributed by atoms with van der Waals surface area (Å²) >= 11 is 0. The van der Waals surface area contributed by atoms with Crippen LogP contribution < -0.4 is 11.1 Å². The molecule has 0 saturated carbocycles. The number of piperazine rings is 1. The van der Waals surface area contributed by atoms with Gasteiger partial charge in [-0.1, -0.05) is 30.3 Å². The number of aromatic nitrogens is 1. The number of amides is 2. The smallest absolute Gasteiger partial charge is 0.410 e. The van der Waals surface area contributed by atoms with Crippen LogP contribution in [-0.4, -0.2) is 71.4 Å². The van der Waals surface area contributed by atoms with Gasteiger partial charge in [-0.15, -0.1) is 0 Å². The number of hydrogen-bond donors (Lipinski definition) is 2. The highest BCUT2D eigenvalue weighted by Crippen LogP contribution is 2.32. The fraction of sp³-hybridized carbons (Fsp3) is 0.342. The predicted molar refractivity (Wildman–Crippen MR) is 190 cm³/mol. The van der Waals surface area contributed by atoms with Gasteiger partial charge in [0.2, 0.25) is 15.9 Å². The van der Waals surface area contributed by atoms with E-state index in [1.165, 1.54) is 39.7 Å². The Morgan fingerprint density at radius 2 is 1.57 bits per heavy atom. The fourth-order valence-corrected chi connectivity index (χ4v) is 8.39. The number of nitrogens with one attached hydrogen (secondary N) is 1. The van der Waals surface area contributed by atoms with Gasteiger partial charge in [-0.25, -0.2) is 30.8 Å². The molecule has 3 N–H and O–H groups in total. The van der Waals surface area contributed by atoms with E-state index in [9.17, 15) is 31.2 Å². The molecule has 0 radical (unpaired) electrons. The first kappa shape index (κ1) is 39.3. The second kappa shape index (κ2) is 16.0. The molecule has 2 amide bonds. The van der Waals surface area contributed by atoms with Crippen molar-refractivity contribution in [3.05, 3.63) is 125 Å². The number of halogens is 4. The van der Waals surface area contributed by atoms with E-state index < -0.39 is 74.9 Å². The van der Waals surface area contributed by atoms with Crippen LogP contribution in [0.2, 0.25) is 0 Å². The van der Waals surface area contributed by atoms with Crippen molar-refractivity contribution in [2.75, 3.05) is 18.4 Å². The molecule has 1 saturated heterocycles. The first-order valence-corrected chi connectivity index (χ1v) is 18.4. The van der Waals surface area contributed by atoms with Gasteiger partial charge in [0.25, 0.3) is 0 Å². The van der Waals surface area contributed by atoms with Crippen molar-refractivity contribution in [1.82, 2.24) is 14.2 Å². The van der Waals surface area contributed by atoms with Gasteiger partial charge in [0.05, 0.1) is 29.0 Å². The van der Waals surface area contributed by atoms with Crippen LogP contribution in [0.4, 0.5) is 28.0 Å². The van der Waals surface area contributed by atoms with Gasteiger partial charge in [0, 0.05) is 42.7 Å². The maximum Gasteiger partial charge on any atom is 0.410 e. The van der Waals surface area contributed by atoms with E-state index >= 15 is 4.39 Å². The second-order valence-electron chi connectivity index (χ2n) is 14.0. The highest BCUT2D eigenvalue weighted by Gasteiger charge is 2.42. The monoisotopic (exact) mass is 755 g/mol. The average Bonchev–Trinajstić information content (AvgIpc) is 3.07. The molecule has 4 aromatic rings. The third kappa shape index (κ3) is 9.39. The summed E-state index contributed by atoms with van der Waals surface area (Å²) < 4.78 is 92.9. The van der Waals surface area contributed by atoms with Crippen LogP contribution in [-0.2, 0) is 26.0 Å². The van der Waals surface area contributed by atoms with Crippen LogP contribution in [0, 0.1) is 23.3 Å². The Labute approximate surface area is 306 Å². The molecule has 15 heteroatoms. The Balaban J connectivity index is 1.44. The molecular formula is C38H41F4N5O5S. The lowest BCUT2D eigenvalue weighted by atomic mass is 9.84. The number of nitrogens with zero attached hydrogens (tertiary/aromatic N) is 3. The van der Waals surface area contributed by atoms with Crippen molar-refractivity contribution < 1.29 is 40.3 Å². The summed E-state index contributed by atoms with van der Waals surface area (Å²) in [4.78, 5) is 32.2. The molecule has 3 aromatic carbocycles. The molecule has 4 atom stereocenters. The number of carbonyl (C=O) groups excluding carboxylic acids is 2. The summed E-state index contributed by atoms with van der Waals surface area (Å²) in [7, 11) is -4.09. The van der Waals surface area contributed by atoms with Gasteiger partial charge < -0.3 is 20.7 Å². The number of rotatable bonds is 10. The summed E-state index contributed by atoms with van der Waals surface area (Å²) in [6, 6.07) is 12.4. The fourth-order valence-electron chi connectivity index (χ4n) is 6.54. The lowest BCUT2D eigenvalue weighted by molar-refractivity contribution is -0.117. The molecule has 0 bridgehead atoms. The molecule has 53 heavy (non-hydrogen) atoms. The van der Waals surface area contributed by atoms with Crippen LogP contribution in [0.3, 0.4) is 0 Å². The van der Waals surface area contributed by atoms with Crippen LogP contribution in [0.1, 0.15) is 56.7 Å². The van der Waals surface area contributed by atoms with Crippen molar-refractivity contribution in [3.8, 4) is 0 Å². The van der Waals surface area contributed by atoms with Crippen molar-refractivity contribution in [1.29, 1.82) is 0 Å². The Hall–Kier alpha value is -4.86.